The molecule has 1 aliphatic rings. The summed E-state index contributed by atoms with van der Waals surface area (Å²) in [6.07, 6.45) is -3.72. The van der Waals surface area contributed by atoms with Crippen LogP contribution in [0.15, 0.2) is 78.9 Å². The first-order valence-corrected chi connectivity index (χ1v) is 12.4. The third-order valence-corrected chi connectivity index (χ3v) is 7.05. The molecule has 0 aliphatic carbocycles. The molecule has 0 aromatic heterocycles. The lowest BCUT2D eigenvalue weighted by molar-refractivity contribution is -0.144. The molecule has 0 saturated carbocycles. The van der Waals surface area contributed by atoms with Gasteiger partial charge in [-0.25, -0.2) is 0 Å². The molecule has 1 atom stereocenters. The number of nitrogens with two attached hydrogens (primary N) is 1. The van der Waals surface area contributed by atoms with E-state index in [1.54, 1.807) is 29.2 Å². The largest absolute Gasteiger partial charge is 0.418 e. The minimum absolute atomic E-state index is 0.0244. The van der Waals surface area contributed by atoms with Crippen LogP contribution in [-0.4, -0.2) is 40.5 Å². The van der Waals surface area contributed by atoms with Crippen LogP contribution in [0.5, 0.6) is 0 Å². The summed E-state index contributed by atoms with van der Waals surface area (Å²) in [7, 11) is 0. The Labute approximate surface area is 219 Å². The van der Waals surface area contributed by atoms with Crippen LogP contribution >= 0.6 is 0 Å². The molecule has 1 heterocycles. The van der Waals surface area contributed by atoms with Gasteiger partial charge in [-0.1, -0.05) is 60.7 Å². The monoisotopic (exact) mass is 525 g/mol. The van der Waals surface area contributed by atoms with E-state index >= 15 is 0 Å². The predicted molar refractivity (Wildman–Crippen MR) is 139 cm³/mol. The van der Waals surface area contributed by atoms with E-state index in [0.717, 1.165) is 17.7 Å². The minimum Gasteiger partial charge on any atom is -0.398 e. The Balaban J connectivity index is 1.52. The standard InChI is InChI=1S/C29H30F3N3O3/c30-29(31,32)24-18-23(11-12-25(24)33)34-27(37)28(38,19-21-9-5-2-6-10-21)22-13-15-35(16-14-22)26(36)17-20-7-3-1-4-8-20/h1-12,18,22,38H,13-17,19,33H2,(H,34,37). The first-order chi connectivity index (χ1) is 18.1. The Bertz CT molecular complexity index is 1260. The van der Waals surface area contributed by atoms with Gasteiger partial charge in [-0.3, -0.25) is 9.59 Å². The fourth-order valence-corrected chi connectivity index (χ4v) is 4.92. The Hall–Kier alpha value is -3.85. The van der Waals surface area contributed by atoms with Gasteiger partial charge in [0, 0.05) is 36.8 Å². The second-order valence-electron chi connectivity index (χ2n) is 9.66. The van der Waals surface area contributed by atoms with Crippen molar-refractivity contribution in [3.05, 3.63) is 95.6 Å². The summed E-state index contributed by atoms with van der Waals surface area (Å²) in [5, 5.41) is 14.3. The first-order valence-electron chi connectivity index (χ1n) is 12.4. The SMILES string of the molecule is Nc1ccc(NC(=O)C(O)(Cc2ccccc2)C2CCN(C(=O)Cc3ccccc3)CC2)cc1C(F)(F)F. The zero-order chi connectivity index (χ0) is 27.3. The van der Waals surface area contributed by atoms with Gasteiger partial charge in [0.05, 0.1) is 12.0 Å². The fourth-order valence-electron chi connectivity index (χ4n) is 4.92. The second-order valence-corrected chi connectivity index (χ2v) is 9.66. The van der Waals surface area contributed by atoms with Crippen molar-refractivity contribution in [2.75, 3.05) is 24.1 Å². The van der Waals surface area contributed by atoms with Crippen LogP contribution in [0.1, 0.15) is 29.5 Å². The molecule has 3 aromatic rings. The molecule has 3 aromatic carbocycles. The zero-order valence-electron chi connectivity index (χ0n) is 20.7. The number of nitrogens with zero attached hydrogens (tertiary/aromatic N) is 1. The summed E-state index contributed by atoms with van der Waals surface area (Å²) < 4.78 is 40.0. The molecule has 38 heavy (non-hydrogen) atoms. The zero-order valence-corrected chi connectivity index (χ0v) is 20.7. The number of carbonyl (C=O) groups excluding carboxylic acids is 2. The maximum atomic E-state index is 13.5. The van der Waals surface area contributed by atoms with E-state index in [-0.39, 0.29) is 24.4 Å². The number of carbonyl (C=O) groups is 2. The van der Waals surface area contributed by atoms with E-state index in [4.69, 9.17) is 5.73 Å². The summed E-state index contributed by atoms with van der Waals surface area (Å²) >= 11 is 0. The first kappa shape index (κ1) is 27.2. The number of likely N-dealkylation sites (tertiary alicyclic amines) is 1. The Morgan fingerprint density at radius 1 is 0.921 bits per heavy atom. The molecule has 4 rings (SSSR count). The highest BCUT2D eigenvalue weighted by Gasteiger charge is 2.45. The van der Waals surface area contributed by atoms with Crippen molar-refractivity contribution in [3.8, 4) is 0 Å². The van der Waals surface area contributed by atoms with E-state index in [0.29, 0.717) is 31.5 Å². The Morgan fingerprint density at radius 2 is 1.50 bits per heavy atom. The Kier molecular flexibility index (Phi) is 8.06. The topological polar surface area (TPSA) is 95.7 Å². The van der Waals surface area contributed by atoms with Crippen LogP contribution in [0.2, 0.25) is 0 Å². The van der Waals surface area contributed by atoms with Crippen molar-refractivity contribution in [1.29, 1.82) is 0 Å². The van der Waals surface area contributed by atoms with Crippen LogP contribution < -0.4 is 11.1 Å². The number of anilines is 2. The number of hydrogen-bond acceptors (Lipinski definition) is 4. The molecular formula is C29H30F3N3O3. The lowest BCUT2D eigenvalue weighted by atomic mass is 9.76. The molecule has 0 radical (unpaired) electrons. The van der Waals surface area contributed by atoms with Crippen molar-refractivity contribution in [3.63, 3.8) is 0 Å². The van der Waals surface area contributed by atoms with E-state index in [1.807, 2.05) is 36.4 Å². The van der Waals surface area contributed by atoms with Gasteiger partial charge >= 0.3 is 6.18 Å². The van der Waals surface area contributed by atoms with Crippen LogP contribution in [0, 0.1) is 5.92 Å². The number of piperidine rings is 1. The van der Waals surface area contributed by atoms with Gasteiger partial charge in [0.1, 0.15) is 5.60 Å². The maximum absolute atomic E-state index is 13.5. The molecule has 2 amide bonds. The molecule has 1 unspecified atom stereocenters. The van der Waals surface area contributed by atoms with Gasteiger partial charge in [-0.2, -0.15) is 13.2 Å². The van der Waals surface area contributed by atoms with E-state index in [2.05, 4.69) is 5.32 Å². The molecule has 6 nitrogen and oxygen atoms in total. The number of hydrogen-bond donors (Lipinski definition) is 3. The molecule has 4 N–H and O–H groups in total. The molecule has 1 saturated heterocycles. The van der Waals surface area contributed by atoms with Crippen molar-refractivity contribution in [1.82, 2.24) is 4.90 Å². The van der Waals surface area contributed by atoms with E-state index < -0.39 is 34.9 Å². The minimum atomic E-state index is -4.69. The van der Waals surface area contributed by atoms with Crippen LogP contribution in [0.3, 0.4) is 0 Å². The van der Waals surface area contributed by atoms with Crippen LogP contribution in [-0.2, 0) is 28.6 Å². The number of rotatable bonds is 7. The number of aliphatic hydroxyl groups is 1. The van der Waals surface area contributed by atoms with Gasteiger partial charge in [0.25, 0.3) is 5.91 Å². The van der Waals surface area contributed by atoms with Gasteiger partial charge < -0.3 is 21.1 Å². The quantitative estimate of drug-likeness (QED) is 0.391. The van der Waals surface area contributed by atoms with Gasteiger partial charge in [-0.05, 0) is 42.2 Å². The number of nitrogens with one attached hydrogen (secondary N) is 1. The summed E-state index contributed by atoms with van der Waals surface area (Å²) in [5.74, 6) is -1.35. The van der Waals surface area contributed by atoms with Crippen molar-refractivity contribution in [2.45, 2.75) is 37.5 Å². The summed E-state index contributed by atoms with van der Waals surface area (Å²) in [6.45, 7) is 0.724. The summed E-state index contributed by atoms with van der Waals surface area (Å²) in [6, 6.07) is 21.4. The van der Waals surface area contributed by atoms with Crippen LogP contribution in [0.4, 0.5) is 24.5 Å². The molecule has 200 valence electrons. The number of halogens is 3. The van der Waals surface area contributed by atoms with E-state index in [1.165, 1.54) is 6.07 Å². The predicted octanol–water partition coefficient (Wildman–Crippen LogP) is 4.68. The second kappa shape index (κ2) is 11.3. The molecular weight excluding hydrogens is 495 g/mol. The fraction of sp³-hybridized carbons (Fsp3) is 0.310. The van der Waals surface area contributed by atoms with Crippen LogP contribution in [0.25, 0.3) is 0 Å². The van der Waals surface area contributed by atoms with Crippen molar-refractivity contribution >= 4 is 23.2 Å². The molecule has 1 aliphatic heterocycles. The Morgan fingerprint density at radius 3 is 2.08 bits per heavy atom. The van der Waals surface area contributed by atoms with E-state index in [9.17, 15) is 27.9 Å². The average Bonchev–Trinajstić information content (AvgIpc) is 2.90. The van der Waals surface area contributed by atoms with Crippen molar-refractivity contribution < 1.29 is 27.9 Å². The highest BCUT2D eigenvalue weighted by atomic mass is 19.4. The smallest absolute Gasteiger partial charge is 0.398 e. The molecule has 0 spiro atoms. The molecule has 0 bridgehead atoms. The third kappa shape index (κ3) is 6.34. The third-order valence-electron chi connectivity index (χ3n) is 7.05. The van der Waals surface area contributed by atoms with Gasteiger partial charge in [-0.15, -0.1) is 0 Å². The van der Waals surface area contributed by atoms with Gasteiger partial charge in [0.2, 0.25) is 5.91 Å². The average molecular weight is 526 g/mol. The number of amides is 2. The highest BCUT2D eigenvalue weighted by molar-refractivity contribution is 5.98. The normalized spacial score (nSPS) is 16.1. The number of nitrogen functional groups attached to an aromatic ring is 1. The van der Waals surface area contributed by atoms with Gasteiger partial charge in [0.15, 0.2) is 0 Å². The lowest BCUT2D eigenvalue weighted by Gasteiger charge is -2.40. The molecule has 9 heteroatoms. The maximum Gasteiger partial charge on any atom is 0.418 e. The highest BCUT2D eigenvalue weighted by Crippen LogP contribution is 2.37. The summed E-state index contributed by atoms with van der Waals surface area (Å²) in [5.41, 5.74) is 3.56. The number of benzene rings is 3. The lowest BCUT2D eigenvalue weighted by Crippen LogP contribution is -2.54. The molecule has 1 fully saturated rings. The van der Waals surface area contributed by atoms with Crippen molar-refractivity contribution in [2.24, 2.45) is 5.92 Å². The number of alkyl halides is 3. The summed E-state index contributed by atoms with van der Waals surface area (Å²) in [4.78, 5) is 28.0.